The van der Waals surface area contributed by atoms with Gasteiger partial charge in [0.25, 0.3) is 0 Å². The summed E-state index contributed by atoms with van der Waals surface area (Å²) in [5.41, 5.74) is 1.65. The first kappa shape index (κ1) is 14.5. The summed E-state index contributed by atoms with van der Waals surface area (Å²) in [5.74, 6) is 0.419. The molecule has 0 saturated heterocycles. The first-order valence-electron chi connectivity index (χ1n) is 6.19. The lowest BCUT2D eigenvalue weighted by Crippen LogP contribution is -2.04. The van der Waals surface area contributed by atoms with E-state index in [0.717, 1.165) is 16.5 Å². The van der Waals surface area contributed by atoms with E-state index in [1.807, 2.05) is 26.0 Å². The SMILES string of the molecule is COC(=O)c1ccc(CSc2nnnn2C(C)C)cc1. The quantitative estimate of drug-likeness (QED) is 0.622. The van der Waals surface area contributed by atoms with Crippen molar-refractivity contribution < 1.29 is 9.53 Å². The molecule has 0 N–H and O–H groups in total. The Bertz CT molecular complexity index is 580. The number of aromatic nitrogens is 4. The number of carbonyl (C=O) groups is 1. The van der Waals surface area contributed by atoms with Crippen LogP contribution in [0.3, 0.4) is 0 Å². The van der Waals surface area contributed by atoms with E-state index in [1.165, 1.54) is 7.11 Å². The molecule has 0 amide bonds. The summed E-state index contributed by atoms with van der Waals surface area (Å²) < 4.78 is 6.45. The first-order chi connectivity index (χ1) is 9.61. The molecule has 0 aliphatic carbocycles. The smallest absolute Gasteiger partial charge is 0.337 e. The highest BCUT2D eigenvalue weighted by molar-refractivity contribution is 7.98. The Morgan fingerprint density at radius 2 is 2.05 bits per heavy atom. The highest BCUT2D eigenvalue weighted by atomic mass is 32.2. The topological polar surface area (TPSA) is 69.9 Å². The van der Waals surface area contributed by atoms with E-state index in [0.29, 0.717) is 5.56 Å². The second kappa shape index (κ2) is 6.51. The van der Waals surface area contributed by atoms with Crippen LogP contribution in [-0.4, -0.2) is 33.3 Å². The van der Waals surface area contributed by atoms with Crippen LogP contribution in [0.1, 0.15) is 35.8 Å². The molecular formula is C13H16N4O2S. The zero-order valence-electron chi connectivity index (χ0n) is 11.6. The van der Waals surface area contributed by atoms with Crippen LogP contribution in [0.25, 0.3) is 0 Å². The van der Waals surface area contributed by atoms with Gasteiger partial charge in [-0.2, -0.15) is 0 Å². The van der Waals surface area contributed by atoms with E-state index in [4.69, 9.17) is 0 Å². The van der Waals surface area contributed by atoms with E-state index < -0.39 is 0 Å². The molecule has 0 spiro atoms. The van der Waals surface area contributed by atoms with Gasteiger partial charge in [0.1, 0.15) is 0 Å². The summed E-state index contributed by atoms with van der Waals surface area (Å²) in [6.45, 7) is 4.07. The van der Waals surface area contributed by atoms with Gasteiger partial charge in [0.2, 0.25) is 5.16 Å². The summed E-state index contributed by atoms with van der Waals surface area (Å²) in [6, 6.07) is 7.56. The molecule has 0 atom stereocenters. The van der Waals surface area contributed by atoms with Crippen molar-refractivity contribution in [1.82, 2.24) is 20.2 Å². The zero-order valence-corrected chi connectivity index (χ0v) is 12.4. The standard InChI is InChI=1S/C13H16N4O2S/c1-9(2)17-13(14-15-16-17)20-8-10-4-6-11(7-5-10)12(18)19-3/h4-7,9H,8H2,1-3H3. The number of hydrogen-bond donors (Lipinski definition) is 0. The third kappa shape index (κ3) is 3.36. The lowest BCUT2D eigenvalue weighted by atomic mass is 10.1. The van der Waals surface area contributed by atoms with Crippen LogP contribution in [0.4, 0.5) is 0 Å². The number of hydrogen-bond acceptors (Lipinski definition) is 6. The van der Waals surface area contributed by atoms with Crippen LogP contribution in [0.15, 0.2) is 29.4 Å². The number of carbonyl (C=O) groups excluding carboxylic acids is 1. The summed E-state index contributed by atoms with van der Waals surface area (Å²) in [7, 11) is 1.37. The molecule has 0 aliphatic heterocycles. The van der Waals surface area contributed by atoms with Gasteiger partial charge in [0.05, 0.1) is 18.7 Å². The average molecular weight is 292 g/mol. The maximum absolute atomic E-state index is 11.3. The largest absolute Gasteiger partial charge is 0.465 e. The molecule has 0 saturated carbocycles. The lowest BCUT2D eigenvalue weighted by Gasteiger charge is -2.07. The van der Waals surface area contributed by atoms with Gasteiger partial charge >= 0.3 is 5.97 Å². The predicted molar refractivity (Wildman–Crippen MR) is 75.5 cm³/mol. The van der Waals surface area contributed by atoms with Crippen molar-refractivity contribution in [3.05, 3.63) is 35.4 Å². The van der Waals surface area contributed by atoms with Crippen LogP contribution < -0.4 is 0 Å². The maximum Gasteiger partial charge on any atom is 0.337 e. The van der Waals surface area contributed by atoms with Gasteiger partial charge in [0.15, 0.2) is 0 Å². The number of ether oxygens (including phenoxy) is 1. The van der Waals surface area contributed by atoms with Crippen LogP contribution in [0.2, 0.25) is 0 Å². The molecule has 0 bridgehead atoms. The number of rotatable bonds is 5. The minimum absolute atomic E-state index is 0.231. The van der Waals surface area contributed by atoms with E-state index >= 15 is 0 Å². The molecule has 7 heteroatoms. The maximum atomic E-state index is 11.3. The summed E-state index contributed by atoms with van der Waals surface area (Å²) in [4.78, 5) is 11.3. The number of nitrogens with zero attached hydrogens (tertiary/aromatic N) is 4. The van der Waals surface area contributed by atoms with Crippen molar-refractivity contribution >= 4 is 17.7 Å². The van der Waals surface area contributed by atoms with Gasteiger partial charge in [-0.1, -0.05) is 23.9 Å². The van der Waals surface area contributed by atoms with Crippen LogP contribution in [-0.2, 0) is 10.5 Å². The molecule has 2 rings (SSSR count). The fraction of sp³-hybridized carbons (Fsp3) is 0.385. The third-order valence-electron chi connectivity index (χ3n) is 2.69. The Labute approximate surface area is 121 Å². The van der Waals surface area contributed by atoms with Crippen molar-refractivity contribution in [2.24, 2.45) is 0 Å². The molecule has 106 valence electrons. The van der Waals surface area contributed by atoms with Gasteiger partial charge in [-0.3, -0.25) is 0 Å². The molecule has 1 aromatic carbocycles. The number of benzene rings is 1. The molecule has 20 heavy (non-hydrogen) atoms. The normalized spacial score (nSPS) is 10.8. The second-order valence-corrected chi connectivity index (χ2v) is 5.42. The molecule has 0 aliphatic rings. The minimum atomic E-state index is -0.326. The molecule has 0 fully saturated rings. The highest BCUT2D eigenvalue weighted by Gasteiger charge is 2.10. The van der Waals surface area contributed by atoms with Gasteiger partial charge in [0, 0.05) is 5.75 Å². The fourth-order valence-corrected chi connectivity index (χ4v) is 2.57. The van der Waals surface area contributed by atoms with Gasteiger partial charge in [-0.25, -0.2) is 9.48 Å². The average Bonchev–Trinajstić information content (AvgIpc) is 2.93. The van der Waals surface area contributed by atoms with Crippen molar-refractivity contribution in [1.29, 1.82) is 0 Å². The first-order valence-corrected chi connectivity index (χ1v) is 7.18. The van der Waals surface area contributed by atoms with Crippen LogP contribution in [0, 0.1) is 0 Å². The third-order valence-corrected chi connectivity index (χ3v) is 3.70. The zero-order chi connectivity index (χ0) is 14.5. The van der Waals surface area contributed by atoms with Crippen molar-refractivity contribution in [3.8, 4) is 0 Å². The van der Waals surface area contributed by atoms with Gasteiger partial charge in [-0.15, -0.1) is 5.10 Å². The van der Waals surface area contributed by atoms with Crippen molar-refractivity contribution in [3.63, 3.8) is 0 Å². The number of thioether (sulfide) groups is 1. The molecular weight excluding hydrogens is 276 g/mol. The Hall–Kier alpha value is -1.89. The van der Waals surface area contributed by atoms with Gasteiger partial charge < -0.3 is 4.74 Å². The van der Waals surface area contributed by atoms with Gasteiger partial charge in [-0.05, 0) is 42.0 Å². The van der Waals surface area contributed by atoms with E-state index in [9.17, 15) is 4.79 Å². The highest BCUT2D eigenvalue weighted by Crippen LogP contribution is 2.22. The summed E-state index contributed by atoms with van der Waals surface area (Å²) in [6.07, 6.45) is 0. The van der Waals surface area contributed by atoms with E-state index in [1.54, 1.807) is 28.6 Å². The summed E-state index contributed by atoms with van der Waals surface area (Å²) in [5, 5.41) is 12.4. The summed E-state index contributed by atoms with van der Waals surface area (Å²) >= 11 is 1.57. The van der Waals surface area contributed by atoms with E-state index in [2.05, 4.69) is 20.3 Å². The molecule has 1 aromatic heterocycles. The molecule has 1 heterocycles. The number of tetrazole rings is 1. The second-order valence-electron chi connectivity index (χ2n) is 4.48. The monoisotopic (exact) mass is 292 g/mol. The molecule has 2 aromatic rings. The van der Waals surface area contributed by atoms with Crippen molar-refractivity contribution in [2.75, 3.05) is 7.11 Å². The fourth-order valence-electron chi connectivity index (χ4n) is 1.61. The molecule has 0 radical (unpaired) electrons. The molecule has 6 nitrogen and oxygen atoms in total. The molecule has 0 unspecified atom stereocenters. The van der Waals surface area contributed by atoms with E-state index in [-0.39, 0.29) is 12.0 Å². The Kier molecular flexibility index (Phi) is 4.73. The van der Waals surface area contributed by atoms with Crippen LogP contribution in [0.5, 0.6) is 0 Å². The Morgan fingerprint density at radius 3 is 2.65 bits per heavy atom. The number of esters is 1. The lowest BCUT2D eigenvalue weighted by molar-refractivity contribution is 0.0600. The van der Waals surface area contributed by atoms with Crippen LogP contribution >= 0.6 is 11.8 Å². The predicted octanol–water partition coefficient (Wildman–Crippen LogP) is 2.33. The Morgan fingerprint density at radius 1 is 1.35 bits per heavy atom. The minimum Gasteiger partial charge on any atom is -0.465 e. The van der Waals surface area contributed by atoms with Crippen molar-refractivity contribution in [2.45, 2.75) is 30.8 Å². The number of methoxy groups -OCH3 is 1. The Balaban J connectivity index is 2.00.